The van der Waals surface area contributed by atoms with E-state index in [1.54, 1.807) is 0 Å². The van der Waals surface area contributed by atoms with E-state index in [-0.39, 0.29) is 0 Å². The summed E-state index contributed by atoms with van der Waals surface area (Å²) in [5.74, 6) is 0. The van der Waals surface area contributed by atoms with E-state index in [2.05, 4.69) is 39.9 Å². The van der Waals surface area contributed by atoms with Crippen molar-refractivity contribution in [3.63, 3.8) is 0 Å². The first kappa shape index (κ1) is 11.6. The number of nitrogens with zero attached hydrogens (tertiary/aromatic N) is 1. The molecule has 0 spiro atoms. The van der Waals surface area contributed by atoms with Crippen LogP contribution in [0.25, 0.3) is 0 Å². The van der Waals surface area contributed by atoms with Gasteiger partial charge in [-0.05, 0) is 54.4 Å². The Bertz CT molecular complexity index is 310. The van der Waals surface area contributed by atoms with Crippen molar-refractivity contribution >= 4 is 27.3 Å². The largest absolute Gasteiger partial charge is 0.296 e. The number of likely N-dealkylation sites (tertiary alicyclic amines) is 1. The lowest BCUT2D eigenvalue weighted by Gasteiger charge is -2.26. The predicted molar refractivity (Wildman–Crippen MR) is 70.4 cm³/mol. The molecule has 0 saturated carbocycles. The van der Waals surface area contributed by atoms with E-state index in [9.17, 15) is 0 Å². The minimum Gasteiger partial charge on any atom is -0.296 e. The van der Waals surface area contributed by atoms with Gasteiger partial charge in [0.1, 0.15) is 0 Å². The molecule has 3 heteroatoms. The molecule has 0 aromatic carbocycles. The van der Waals surface area contributed by atoms with Crippen LogP contribution < -0.4 is 0 Å². The highest BCUT2D eigenvalue weighted by molar-refractivity contribution is 9.11. The maximum atomic E-state index is 3.53. The molecule has 1 unspecified atom stereocenters. The number of hydrogen-bond donors (Lipinski definition) is 0. The molecule has 0 amide bonds. The van der Waals surface area contributed by atoms with Crippen molar-refractivity contribution in [3.8, 4) is 0 Å². The van der Waals surface area contributed by atoms with Crippen LogP contribution >= 0.6 is 27.3 Å². The highest BCUT2D eigenvalue weighted by Crippen LogP contribution is 2.25. The summed E-state index contributed by atoms with van der Waals surface area (Å²) in [6, 6.07) is 5.16. The Balaban J connectivity index is 1.97. The number of hydrogen-bond acceptors (Lipinski definition) is 2. The van der Waals surface area contributed by atoms with E-state index in [1.165, 1.54) is 40.9 Å². The Hall–Kier alpha value is 0.140. The molecule has 0 aliphatic carbocycles. The van der Waals surface area contributed by atoms with Crippen LogP contribution in [0, 0.1) is 0 Å². The summed E-state index contributed by atoms with van der Waals surface area (Å²) in [5, 5.41) is 0. The monoisotopic (exact) mass is 287 g/mol. The maximum absolute atomic E-state index is 3.53. The van der Waals surface area contributed by atoms with Gasteiger partial charge in [-0.25, -0.2) is 0 Å². The van der Waals surface area contributed by atoms with Crippen LogP contribution in [0.15, 0.2) is 15.9 Å². The van der Waals surface area contributed by atoms with Crippen molar-refractivity contribution in [3.05, 3.63) is 20.8 Å². The van der Waals surface area contributed by atoms with Gasteiger partial charge in [0.15, 0.2) is 0 Å². The van der Waals surface area contributed by atoms with Crippen molar-refractivity contribution in [2.24, 2.45) is 0 Å². The molecular weight excluding hydrogens is 270 g/mol. The second-order valence-corrected chi connectivity index (χ2v) is 6.92. The molecule has 1 aliphatic rings. The lowest BCUT2D eigenvalue weighted by Crippen LogP contribution is -2.31. The molecule has 0 bridgehead atoms. The molecule has 2 heterocycles. The zero-order valence-corrected chi connectivity index (χ0v) is 11.6. The second-order valence-electron chi connectivity index (χ2n) is 4.37. The number of rotatable bonds is 2. The van der Waals surface area contributed by atoms with Gasteiger partial charge in [-0.3, -0.25) is 4.90 Å². The van der Waals surface area contributed by atoms with Crippen molar-refractivity contribution in [1.29, 1.82) is 0 Å². The first-order valence-corrected chi connectivity index (χ1v) is 7.35. The van der Waals surface area contributed by atoms with Crippen LogP contribution in [-0.4, -0.2) is 17.5 Å². The topological polar surface area (TPSA) is 3.24 Å². The van der Waals surface area contributed by atoms with E-state index >= 15 is 0 Å². The molecule has 1 aromatic rings. The molecule has 0 N–H and O–H groups in total. The van der Waals surface area contributed by atoms with Gasteiger partial charge in [0.2, 0.25) is 0 Å². The Morgan fingerprint density at radius 2 is 2.27 bits per heavy atom. The van der Waals surface area contributed by atoms with Crippen LogP contribution in [0.5, 0.6) is 0 Å². The SMILES string of the molecule is CC1CCCCCN1Cc1ccc(Br)s1. The van der Waals surface area contributed by atoms with Crippen LogP contribution in [0.2, 0.25) is 0 Å². The van der Waals surface area contributed by atoms with Gasteiger partial charge in [0.05, 0.1) is 3.79 Å². The van der Waals surface area contributed by atoms with Gasteiger partial charge >= 0.3 is 0 Å². The molecule has 1 nitrogen and oxygen atoms in total. The number of halogens is 1. The summed E-state index contributed by atoms with van der Waals surface area (Å²) in [6.45, 7) is 4.78. The van der Waals surface area contributed by atoms with Crippen LogP contribution in [-0.2, 0) is 6.54 Å². The van der Waals surface area contributed by atoms with E-state index in [1.807, 2.05) is 11.3 Å². The van der Waals surface area contributed by atoms with Crippen molar-refractivity contribution < 1.29 is 0 Å². The minimum absolute atomic E-state index is 0.758. The third kappa shape index (κ3) is 3.30. The molecule has 2 rings (SSSR count). The lowest BCUT2D eigenvalue weighted by molar-refractivity contribution is 0.207. The fourth-order valence-corrected chi connectivity index (χ4v) is 3.72. The number of thiophene rings is 1. The molecule has 1 aromatic heterocycles. The smallest absolute Gasteiger partial charge is 0.0701 e. The molecule has 15 heavy (non-hydrogen) atoms. The summed E-state index contributed by atoms with van der Waals surface area (Å²) in [4.78, 5) is 4.11. The zero-order valence-electron chi connectivity index (χ0n) is 9.21. The Morgan fingerprint density at radius 3 is 3.00 bits per heavy atom. The van der Waals surface area contributed by atoms with Gasteiger partial charge < -0.3 is 0 Å². The molecule has 1 fully saturated rings. The lowest BCUT2D eigenvalue weighted by atomic mass is 10.1. The average molecular weight is 288 g/mol. The van der Waals surface area contributed by atoms with E-state index in [0.717, 1.165) is 12.6 Å². The van der Waals surface area contributed by atoms with E-state index in [4.69, 9.17) is 0 Å². The van der Waals surface area contributed by atoms with E-state index < -0.39 is 0 Å². The first-order valence-electron chi connectivity index (χ1n) is 5.74. The third-order valence-corrected chi connectivity index (χ3v) is 4.79. The Labute approximate surface area is 105 Å². The predicted octanol–water partition coefficient (Wildman–Crippen LogP) is 4.28. The van der Waals surface area contributed by atoms with Crippen molar-refractivity contribution in [1.82, 2.24) is 4.90 Å². The van der Waals surface area contributed by atoms with Gasteiger partial charge in [-0.2, -0.15) is 0 Å². The molecule has 1 saturated heterocycles. The zero-order chi connectivity index (χ0) is 10.7. The van der Waals surface area contributed by atoms with Crippen molar-refractivity contribution in [2.75, 3.05) is 6.54 Å². The molecule has 0 radical (unpaired) electrons. The van der Waals surface area contributed by atoms with Gasteiger partial charge in [0, 0.05) is 17.5 Å². The third-order valence-electron chi connectivity index (χ3n) is 3.18. The van der Waals surface area contributed by atoms with Crippen molar-refractivity contribution in [2.45, 2.75) is 45.2 Å². The molecular formula is C12H18BrNS. The summed E-state index contributed by atoms with van der Waals surface area (Å²) in [5.41, 5.74) is 0. The van der Waals surface area contributed by atoms with Crippen LogP contribution in [0.1, 0.15) is 37.5 Å². The molecule has 1 aliphatic heterocycles. The van der Waals surface area contributed by atoms with Gasteiger partial charge in [0.25, 0.3) is 0 Å². The molecule has 84 valence electrons. The maximum Gasteiger partial charge on any atom is 0.0701 e. The summed E-state index contributed by atoms with van der Waals surface area (Å²) < 4.78 is 1.25. The highest BCUT2D eigenvalue weighted by Gasteiger charge is 2.17. The fourth-order valence-electron chi connectivity index (χ4n) is 2.21. The summed E-state index contributed by atoms with van der Waals surface area (Å²) in [7, 11) is 0. The van der Waals surface area contributed by atoms with E-state index in [0.29, 0.717) is 0 Å². The summed E-state index contributed by atoms with van der Waals surface area (Å²) in [6.07, 6.45) is 5.56. The second kappa shape index (κ2) is 5.46. The van der Waals surface area contributed by atoms with Gasteiger partial charge in [-0.1, -0.05) is 12.8 Å². The first-order chi connectivity index (χ1) is 7.25. The highest BCUT2D eigenvalue weighted by atomic mass is 79.9. The Morgan fingerprint density at radius 1 is 1.40 bits per heavy atom. The molecule has 1 atom stereocenters. The summed E-state index contributed by atoms with van der Waals surface area (Å²) >= 11 is 5.39. The quantitative estimate of drug-likeness (QED) is 0.785. The standard InChI is InChI=1S/C12H18BrNS/c1-10-5-3-2-4-8-14(10)9-11-6-7-12(13)15-11/h6-7,10H,2-5,8-9H2,1H3. The van der Waals surface area contributed by atoms with Gasteiger partial charge in [-0.15, -0.1) is 11.3 Å². The Kier molecular flexibility index (Phi) is 4.23. The fraction of sp³-hybridized carbons (Fsp3) is 0.667. The normalized spacial score (nSPS) is 24.0. The average Bonchev–Trinajstić information content (AvgIpc) is 2.50. The van der Waals surface area contributed by atoms with Crippen LogP contribution in [0.3, 0.4) is 0 Å². The van der Waals surface area contributed by atoms with Crippen LogP contribution in [0.4, 0.5) is 0 Å². The minimum atomic E-state index is 0.758.